The Morgan fingerprint density at radius 3 is 1.97 bits per heavy atom. The molecule has 0 aliphatic carbocycles. The summed E-state index contributed by atoms with van der Waals surface area (Å²) in [6.07, 6.45) is 0. The van der Waals surface area contributed by atoms with E-state index in [1.807, 2.05) is 55.5 Å². The van der Waals surface area contributed by atoms with Crippen molar-refractivity contribution in [2.75, 3.05) is 26.4 Å². The maximum absolute atomic E-state index is 5.77. The number of rotatable bonds is 0. The van der Waals surface area contributed by atoms with Crippen molar-refractivity contribution in [2.24, 2.45) is 20.5 Å². The number of H-pyrrole nitrogens is 1. The van der Waals surface area contributed by atoms with Gasteiger partial charge in [-0.1, -0.05) is 24.3 Å². The minimum atomic E-state index is 0.334. The maximum atomic E-state index is 5.77. The van der Waals surface area contributed by atoms with Gasteiger partial charge in [0.05, 0.1) is 18.9 Å². The molecule has 0 spiro atoms. The molecule has 0 unspecified atom stereocenters. The van der Waals surface area contributed by atoms with Gasteiger partial charge in [0.2, 0.25) is 5.95 Å². The highest BCUT2D eigenvalue weighted by atomic mass is 16.5. The lowest BCUT2D eigenvalue weighted by Gasteiger charge is -2.10. The molecule has 0 fully saturated rings. The summed E-state index contributed by atoms with van der Waals surface area (Å²) >= 11 is 0. The summed E-state index contributed by atoms with van der Waals surface area (Å²) in [6.45, 7) is 3.49. The van der Waals surface area contributed by atoms with E-state index in [0.717, 1.165) is 5.69 Å². The maximum Gasteiger partial charge on any atom is 0.249 e. The van der Waals surface area contributed by atoms with Crippen molar-refractivity contribution in [1.29, 1.82) is 0 Å². The quantitative estimate of drug-likeness (QED) is 0.557. The molecule has 1 aliphatic rings. The van der Waals surface area contributed by atoms with Gasteiger partial charge >= 0.3 is 0 Å². The molecule has 9 nitrogen and oxygen atoms in total. The second-order valence-corrected chi connectivity index (χ2v) is 6.15. The number of nitrogens with zero attached hydrogens (tertiary/aromatic N) is 5. The summed E-state index contributed by atoms with van der Waals surface area (Å²) in [5.41, 5.74) is 1.94. The van der Waals surface area contributed by atoms with Crippen LogP contribution in [0, 0.1) is 6.92 Å². The van der Waals surface area contributed by atoms with E-state index >= 15 is 0 Å². The van der Waals surface area contributed by atoms with E-state index in [2.05, 4.69) is 30.4 Å². The predicted molar refractivity (Wildman–Crippen MR) is 106 cm³/mol. The third-order valence-electron chi connectivity index (χ3n) is 4.05. The minimum absolute atomic E-state index is 0.334. The highest BCUT2D eigenvalue weighted by Crippen LogP contribution is 2.31. The molecule has 4 rings (SSSR count). The highest BCUT2D eigenvalue weighted by Gasteiger charge is 2.08. The molecular formula is C20H20N6O3. The topological polar surface area (TPSA) is 106 Å². The van der Waals surface area contributed by atoms with Crippen molar-refractivity contribution < 1.29 is 14.2 Å². The van der Waals surface area contributed by atoms with E-state index in [1.54, 1.807) is 0 Å². The van der Waals surface area contributed by atoms with E-state index in [9.17, 15) is 0 Å². The van der Waals surface area contributed by atoms with E-state index in [-0.39, 0.29) is 0 Å². The number of aryl methyl sites for hydroxylation is 1. The molecule has 9 heteroatoms. The number of imidazole rings is 1. The van der Waals surface area contributed by atoms with Gasteiger partial charge in [0.15, 0.2) is 5.82 Å². The van der Waals surface area contributed by atoms with Gasteiger partial charge in [-0.2, -0.15) is 4.98 Å². The molecule has 0 atom stereocenters. The fourth-order valence-corrected chi connectivity index (χ4v) is 2.63. The number of hydrogen-bond donors (Lipinski definition) is 1. The van der Waals surface area contributed by atoms with Crippen LogP contribution in [0.15, 0.2) is 69.0 Å². The molecule has 1 aromatic heterocycles. The van der Waals surface area contributed by atoms with Crippen LogP contribution in [0.4, 0.5) is 23.1 Å². The van der Waals surface area contributed by atoms with Gasteiger partial charge in [-0.15, -0.1) is 20.5 Å². The van der Waals surface area contributed by atoms with Crippen LogP contribution in [0.3, 0.4) is 0 Å². The number of nitrogens with one attached hydrogen (secondary N) is 1. The molecule has 0 saturated heterocycles. The Morgan fingerprint density at radius 1 is 0.724 bits per heavy atom. The van der Waals surface area contributed by atoms with Crippen molar-refractivity contribution >= 4 is 23.1 Å². The number of aromatic amines is 1. The lowest BCUT2D eigenvalue weighted by atomic mass is 10.3. The summed E-state index contributed by atoms with van der Waals surface area (Å²) in [4.78, 5) is 7.39. The molecular weight excluding hydrogens is 372 g/mol. The summed E-state index contributed by atoms with van der Waals surface area (Å²) in [5, 5.41) is 16.9. The number of aromatic nitrogens is 2. The van der Waals surface area contributed by atoms with E-state index in [1.165, 1.54) is 0 Å². The second-order valence-electron chi connectivity index (χ2n) is 6.15. The molecule has 1 N–H and O–H groups in total. The Morgan fingerprint density at radius 2 is 1.31 bits per heavy atom. The number of fused-ring (bicyclic) bond motifs is 4. The third-order valence-corrected chi connectivity index (χ3v) is 4.05. The van der Waals surface area contributed by atoms with Crippen LogP contribution in [-0.2, 0) is 4.74 Å². The summed E-state index contributed by atoms with van der Waals surface area (Å²) in [7, 11) is 0. The Bertz CT molecular complexity index is 1030. The van der Waals surface area contributed by atoms with E-state index in [4.69, 9.17) is 14.2 Å². The zero-order valence-electron chi connectivity index (χ0n) is 15.9. The van der Waals surface area contributed by atoms with E-state index in [0.29, 0.717) is 61.1 Å². The SMILES string of the molecule is Cc1[nH]c2nc1N=Nc1ccccc1OCCOCCOc1ccccc1N=N2. The van der Waals surface area contributed by atoms with Crippen molar-refractivity contribution in [3.8, 4) is 11.5 Å². The van der Waals surface area contributed by atoms with Crippen LogP contribution in [0.2, 0.25) is 0 Å². The van der Waals surface area contributed by atoms with Gasteiger partial charge in [0, 0.05) is 0 Å². The predicted octanol–water partition coefficient (Wildman–Crippen LogP) is 5.34. The van der Waals surface area contributed by atoms with Gasteiger partial charge in [0.1, 0.15) is 36.1 Å². The van der Waals surface area contributed by atoms with Gasteiger partial charge in [-0.3, -0.25) is 0 Å². The Balaban J connectivity index is 1.65. The first-order chi connectivity index (χ1) is 14.3. The molecule has 2 aromatic carbocycles. The molecule has 3 aromatic rings. The van der Waals surface area contributed by atoms with Gasteiger partial charge < -0.3 is 19.2 Å². The molecule has 1 aliphatic heterocycles. The van der Waals surface area contributed by atoms with Crippen LogP contribution in [0.1, 0.15) is 5.69 Å². The Labute approximate surface area is 167 Å². The number of para-hydroxylation sites is 2. The first-order valence-electron chi connectivity index (χ1n) is 9.21. The van der Waals surface area contributed by atoms with Crippen LogP contribution in [0.25, 0.3) is 0 Å². The third kappa shape index (κ3) is 4.82. The molecule has 148 valence electrons. The molecule has 2 heterocycles. The molecule has 0 amide bonds. The number of hydrogen-bond acceptors (Lipinski definition) is 8. The monoisotopic (exact) mass is 392 g/mol. The standard InChI is InChI=1S/C20H20N6O3/c1-14-19-22-20(21-14)26-24-16-7-3-5-9-18(16)29-13-11-27-10-12-28-17-8-4-2-6-15(17)23-25-19/h2-9H,10-13H2,1H3,(H,21,22). The fourth-order valence-electron chi connectivity index (χ4n) is 2.63. The van der Waals surface area contributed by atoms with Crippen molar-refractivity contribution in [1.82, 2.24) is 9.97 Å². The first-order valence-corrected chi connectivity index (χ1v) is 9.21. The van der Waals surface area contributed by atoms with Crippen LogP contribution < -0.4 is 9.47 Å². The molecule has 0 radical (unpaired) electrons. The average Bonchev–Trinajstić information content (AvgIpc) is 3.10. The van der Waals surface area contributed by atoms with Crippen molar-refractivity contribution in [3.05, 3.63) is 54.2 Å². The van der Waals surface area contributed by atoms with Crippen LogP contribution in [-0.4, -0.2) is 36.4 Å². The fraction of sp³-hybridized carbons (Fsp3) is 0.250. The van der Waals surface area contributed by atoms with Crippen molar-refractivity contribution in [2.45, 2.75) is 6.92 Å². The number of benzene rings is 2. The molecule has 0 saturated carbocycles. The zero-order chi connectivity index (χ0) is 19.9. The van der Waals surface area contributed by atoms with Gasteiger partial charge in [0.25, 0.3) is 0 Å². The minimum Gasteiger partial charge on any atom is -0.489 e. The summed E-state index contributed by atoms with van der Waals surface area (Å²) in [6, 6.07) is 14.8. The first kappa shape index (κ1) is 18.8. The second kappa shape index (κ2) is 9.07. The average molecular weight is 392 g/mol. The zero-order valence-corrected chi connectivity index (χ0v) is 15.9. The number of azo groups is 2. The van der Waals surface area contributed by atoms with Crippen LogP contribution in [0.5, 0.6) is 11.5 Å². The lowest BCUT2D eigenvalue weighted by molar-refractivity contribution is 0.0767. The smallest absolute Gasteiger partial charge is 0.249 e. The van der Waals surface area contributed by atoms with E-state index < -0.39 is 0 Å². The summed E-state index contributed by atoms with van der Waals surface area (Å²) in [5.74, 6) is 2.01. The Kier molecular flexibility index (Phi) is 5.87. The summed E-state index contributed by atoms with van der Waals surface area (Å²) < 4.78 is 17.1. The normalized spacial score (nSPS) is 14.7. The molecule has 29 heavy (non-hydrogen) atoms. The largest absolute Gasteiger partial charge is 0.489 e. The van der Waals surface area contributed by atoms with Gasteiger partial charge in [-0.25, -0.2) is 0 Å². The highest BCUT2D eigenvalue weighted by molar-refractivity contribution is 5.52. The van der Waals surface area contributed by atoms with Crippen molar-refractivity contribution in [3.63, 3.8) is 0 Å². The lowest BCUT2D eigenvalue weighted by Crippen LogP contribution is -2.12. The molecule has 2 bridgehead atoms. The Hall–Kier alpha value is -3.59. The number of ether oxygens (including phenoxy) is 3. The van der Waals surface area contributed by atoms with Crippen LogP contribution >= 0.6 is 0 Å². The van der Waals surface area contributed by atoms with Gasteiger partial charge in [-0.05, 0) is 31.2 Å².